The second kappa shape index (κ2) is 9.29. The van der Waals surface area contributed by atoms with E-state index in [-0.39, 0.29) is 29.6 Å². The zero-order valence-electron chi connectivity index (χ0n) is 19.6. The quantitative estimate of drug-likeness (QED) is 0.488. The molecule has 10 nitrogen and oxygen atoms in total. The van der Waals surface area contributed by atoms with Crippen LogP contribution < -0.4 is 16.4 Å². The zero-order valence-corrected chi connectivity index (χ0v) is 21.1. The molecule has 5 heterocycles. The smallest absolute Gasteiger partial charge is 0.360 e. The van der Waals surface area contributed by atoms with Crippen LogP contribution in [0, 0.1) is 12.3 Å². The average Bonchev–Trinajstić information content (AvgIpc) is 3.39. The molecule has 35 heavy (non-hydrogen) atoms. The number of pyridine rings is 1. The summed E-state index contributed by atoms with van der Waals surface area (Å²) in [6.07, 6.45) is 5.11. The van der Waals surface area contributed by atoms with Crippen LogP contribution in [-0.2, 0) is 11.3 Å². The molecule has 2 aliphatic rings. The van der Waals surface area contributed by atoms with Crippen molar-refractivity contribution >= 4 is 41.0 Å². The normalized spacial score (nSPS) is 18.6. The number of nitrogens with zero attached hydrogens (tertiary/aromatic N) is 6. The second-order valence-corrected chi connectivity index (χ2v) is 10.3. The summed E-state index contributed by atoms with van der Waals surface area (Å²) in [5.74, 6) is 0.263. The third-order valence-electron chi connectivity index (χ3n) is 6.82. The van der Waals surface area contributed by atoms with E-state index in [1.807, 2.05) is 17.7 Å². The van der Waals surface area contributed by atoms with Gasteiger partial charge < -0.3 is 21.1 Å². The van der Waals surface area contributed by atoms with Crippen LogP contribution in [0.1, 0.15) is 47.7 Å². The van der Waals surface area contributed by atoms with E-state index in [1.165, 1.54) is 11.8 Å². The number of halogens is 1. The molecule has 184 valence electrons. The minimum absolute atomic E-state index is 0.0412. The van der Waals surface area contributed by atoms with E-state index in [0.717, 1.165) is 25.1 Å². The van der Waals surface area contributed by atoms with Gasteiger partial charge in [-0.15, -0.1) is 0 Å². The van der Waals surface area contributed by atoms with Gasteiger partial charge in [-0.2, -0.15) is 5.10 Å². The number of nitrogen functional groups attached to an aromatic ring is 1. The van der Waals surface area contributed by atoms with Gasteiger partial charge in [-0.3, -0.25) is 4.68 Å². The number of hydrogen-bond donors (Lipinski definition) is 2. The molecule has 0 amide bonds. The van der Waals surface area contributed by atoms with Crippen molar-refractivity contribution in [2.24, 2.45) is 11.1 Å². The summed E-state index contributed by atoms with van der Waals surface area (Å²) in [7, 11) is 0. The van der Waals surface area contributed by atoms with Gasteiger partial charge in [0.2, 0.25) is 0 Å². The summed E-state index contributed by atoms with van der Waals surface area (Å²) < 4.78 is 7.34. The van der Waals surface area contributed by atoms with Crippen molar-refractivity contribution in [3.63, 3.8) is 0 Å². The fourth-order valence-corrected chi connectivity index (χ4v) is 5.94. The van der Waals surface area contributed by atoms with Crippen molar-refractivity contribution < 1.29 is 9.53 Å². The lowest BCUT2D eigenvalue weighted by Gasteiger charge is -2.42. The molecule has 5 rings (SSSR count). The Morgan fingerprint density at radius 2 is 2.06 bits per heavy atom. The van der Waals surface area contributed by atoms with Crippen molar-refractivity contribution in [2.45, 2.75) is 49.2 Å². The van der Waals surface area contributed by atoms with Crippen LogP contribution >= 0.6 is 23.4 Å². The Hall–Kier alpha value is -2.89. The number of aromatic nitrogens is 5. The van der Waals surface area contributed by atoms with Crippen molar-refractivity contribution in [1.29, 1.82) is 0 Å². The maximum atomic E-state index is 12.9. The number of anilines is 2. The standard InChI is InChI=1S/C23H27ClN8O2S/c1-3-34-22(33)17-20(29-13(2)21(30-17)35-15-5-8-27-19(26)16(15)24)31-10-6-23(7-11-31)12-32-14(18(23)25)4-9-28-32/h4-5,8-9,18H,3,6-7,10-12,25H2,1-2H3,(H2,26,27)/t18-/m0/s1. The van der Waals surface area contributed by atoms with Gasteiger partial charge in [-0.1, -0.05) is 23.4 Å². The van der Waals surface area contributed by atoms with Crippen molar-refractivity contribution in [1.82, 2.24) is 24.7 Å². The van der Waals surface area contributed by atoms with E-state index in [4.69, 9.17) is 32.8 Å². The van der Waals surface area contributed by atoms with Gasteiger partial charge in [0.05, 0.1) is 29.1 Å². The van der Waals surface area contributed by atoms with Crippen LogP contribution in [0.25, 0.3) is 0 Å². The topological polar surface area (TPSA) is 138 Å². The van der Waals surface area contributed by atoms with E-state index in [0.29, 0.717) is 39.5 Å². The summed E-state index contributed by atoms with van der Waals surface area (Å²) in [4.78, 5) is 29.2. The molecule has 0 saturated carbocycles. The Morgan fingerprint density at radius 1 is 1.29 bits per heavy atom. The first-order valence-electron chi connectivity index (χ1n) is 11.5. The molecule has 12 heteroatoms. The summed E-state index contributed by atoms with van der Waals surface area (Å²) in [6, 6.07) is 3.70. The number of nitrogens with two attached hydrogens (primary N) is 2. The summed E-state index contributed by atoms with van der Waals surface area (Å²) >= 11 is 7.62. The molecule has 1 spiro atoms. The third-order valence-corrected chi connectivity index (χ3v) is 8.47. The van der Waals surface area contributed by atoms with E-state index in [1.54, 1.807) is 25.4 Å². The van der Waals surface area contributed by atoms with Crippen LogP contribution in [0.15, 0.2) is 34.4 Å². The fraction of sp³-hybridized carbons (Fsp3) is 0.435. The molecule has 0 bridgehead atoms. The van der Waals surface area contributed by atoms with Crippen LogP contribution in [0.2, 0.25) is 5.02 Å². The maximum absolute atomic E-state index is 12.9. The number of hydrogen-bond acceptors (Lipinski definition) is 10. The molecule has 4 N–H and O–H groups in total. The Labute approximate surface area is 212 Å². The van der Waals surface area contributed by atoms with E-state index < -0.39 is 5.97 Å². The molecule has 0 aliphatic carbocycles. The molecular weight excluding hydrogens is 488 g/mol. The highest BCUT2D eigenvalue weighted by atomic mass is 35.5. The number of esters is 1. The first-order chi connectivity index (χ1) is 16.8. The zero-order chi connectivity index (χ0) is 24.7. The number of rotatable bonds is 5. The highest BCUT2D eigenvalue weighted by Crippen LogP contribution is 2.48. The van der Waals surface area contributed by atoms with Crippen molar-refractivity contribution in [3.8, 4) is 0 Å². The summed E-state index contributed by atoms with van der Waals surface area (Å²) in [6.45, 7) is 6.10. The van der Waals surface area contributed by atoms with Crippen LogP contribution in [0.4, 0.5) is 11.6 Å². The molecule has 1 fully saturated rings. The monoisotopic (exact) mass is 514 g/mol. The first kappa shape index (κ1) is 23.8. The molecule has 0 unspecified atom stereocenters. The Balaban J connectivity index is 1.43. The predicted octanol–water partition coefficient (Wildman–Crippen LogP) is 3.24. The number of piperidine rings is 1. The summed E-state index contributed by atoms with van der Waals surface area (Å²) in [5.41, 5.74) is 14.4. The lowest BCUT2D eigenvalue weighted by atomic mass is 9.73. The molecule has 3 aromatic rings. The molecule has 1 saturated heterocycles. The number of aryl methyl sites for hydroxylation is 1. The van der Waals surface area contributed by atoms with Gasteiger partial charge in [-0.05, 0) is 38.8 Å². The average molecular weight is 515 g/mol. The third kappa shape index (κ3) is 4.21. The molecular formula is C23H27ClN8O2S. The number of carbonyl (C=O) groups is 1. The maximum Gasteiger partial charge on any atom is 0.360 e. The van der Waals surface area contributed by atoms with Crippen molar-refractivity contribution in [3.05, 3.63) is 46.6 Å². The minimum Gasteiger partial charge on any atom is -0.461 e. The number of carbonyl (C=O) groups excluding carboxylic acids is 1. The largest absolute Gasteiger partial charge is 0.461 e. The summed E-state index contributed by atoms with van der Waals surface area (Å²) in [5, 5.41) is 5.31. The van der Waals surface area contributed by atoms with E-state index >= 15 is 0 Å². The lowest BCUT2D eigenvalue weighted by molar-refractivity contribution is 0.0518. The number of fused-ring (bicyclic) bond motifs is 1. The van der Waals surface area contributed by atoms with E-state index in [2.05, 4.69) is 20.0 Å². The molecule has 0 aromatic carbocycles. The highest BCUT2D eigenvalue weighted by Gasteiger charge is 2.47. The highest BCUT2D eigenvalue weighted by molar-refractivity contribution is 7.99. The van der Waals surface area contributed by atoms with Gasteiger partial charge in [0.15, 0.2) is 11.5 Å². The van der Waals surface area contributed by atoms with Gasteiger partial charge in [0.1, 0.15) is 10.8 Å². The number of ether oxygens (including phenoxy) is 1. The van der Waals surface area contributed by atoms with Gasteiger partial charge in [0.25, 0.3) is 0 Å². The van der Waals surface area contributed by atoms with Crippen LogP contribution in [-0.4, -0.2) is 50.4 Å². The molecule has 1 atom stereocenters. The minimum atomic E-state index is -0.504. The van der Waals surface area contributed by atoms with Crippen LogP contribution in [0.5, 0.6) is 0 Å². The molecule has 2 aliphatic heterocycles. The first-order valence-corrected chi connectivity index (χ1v) is 12.7. The Morgan fingerprint density at radius 3 is 2.77 bits per heavy atom. The Kier molecular flexibility index (Phi) is 6.32. The molecule has 0 radical (unpaired) electrons. The van der Waals surface area contributed by atoms with Gasteiger partial charge >= 0.3 is 5.97 Å². The Bertz CT molecular complexity index is 1270. The van der Waals surface area contributed by atoms with E-state index in [9.17, 15) is 4.79 Å². The fourth-order valence-electron chi connectivity index (χ4n) is 4.85. The van der Waals surface area contributed by atoms with Crippen LogP contribution in [0.3, 0.4) is 0 Å². The second-order valence-electron chi connectivity index (χ2n) is 8.86. The lowest BCUT2D eigenvalue weighted by Crippen LogP contribution is -2.45. The SMILES string of the molecule is CCOC(=O)c1nc(Sc2ccnc(N)c2Cl)c(C)nc1N1CCC2(CC1)Cn1nccc1[C@@H]2N. The predicted molar refractivity (Wildman–Crippen MR) is 134 cm³/mol. The van der Waals surface area contributed by atoms with Gasteiger partial charge in [0, 0.05) is 42.3 Å². The van der Waals surface area contributed by atoms with Crippen molar-refractivity contribution in [2.75, 3.05) is 30.3 Å². The molecule has 3 aromatic heterocycles. The van der Waals surface area contributed by atoms with Gasteiger partial charge in [-0.25, -0.2) is 19.7 Å².